The highest BCUT2D eigenvalue weighted by Crippen LogP contribution is 2.55. The second-order valence-electron chi connectivity index (χ2n) is 2.13. The molecule has 1 atom stereocenters. The summed E-state index contributed by atoms with van der Waals surface area (Å²) in [6.07, 6.45) is 0. The van der Waals surface area contributed by atoms with Crippen LogP contribution < -0.4 is 0 Å². The van der Waals surface area contributed by atoms with Gasteiger partial charge in [-0.1, -0.05) is 0 Å². The summed E-state index contributed by atoms with van der Waals surface area (Å²) in [5.74, 6) is -2.45. The molecule has 1 aliphatic rings. The Morgan fingerprint density at radius 1 is 1.31 bits per heavy atom. The standard InChI is InChI=1S/C6H4Br2O4S/c7-4-3(6(11)12)2(5(9)10)1-13(4)8/h1,13H,(H,9,10)(H,11,12). The van der Waals surface area contributed by atoms with E-state index in [1.54, 1.807) is 0 Å². The first kappa shape index (κ1) is 10.8. The van der Waals surface area contributed by atoms with Crippen molar-refractivity contribution in [1.82, 2.24) is 0 Å². The van der Waals surface area contributed by atoms with Gasteiger partial charge >= 0.3 is 11.9 Å². The summed E-state index contributed by atoms with van der Waals surface area (Å²) in [5, 5.41) is 18.8. The zero-order chi connectivity index (χ0) is 10.2. The lowest BCUT2D eigenvalue weighted by atomic mass is 10.1. The highest BCUT2D eigenvalue weighted by atomic mass is 79.9. The molecule has 13 heavy (non-hydrogen) atoms. The van der Waals surface area contributed by atoms with Crippen LogP contribution in [-0.2, 0) is 9.59 Å². The number of hydrogen-bond acceptors (Lipinski definition) is 2. The second kappa shape index (κ2) is 3.85. The second-order valence-corrected chi connectivity index (χ2v) is 7.16. The molecular formula is C6H4Br2O4S. The third-order valence-electron chi connectivity index (χ3n) is 1.35. The molecule has 0 saturated heterocycles. The Labute approximate surface area is 92.0 Å². The van der Waals surface area contributed by atoms with E-state index in [0.717, 1.165) is 0 Å². The number of carbonyl (C=O) groups is 2. The molecule has 1 heterocycles. The Balaban J connectivity index is 3.21. The van der Waals surface area contributed by atoms with Gasteiger partial charge in [-0.2, -0.15) is 0 Å². The van der Waals surface area contributed by atoms with Crippen LogP contribution in [0.2, 0.25) is 0 Å². The maximum Gasteiger partial charge on any atom is 0.338 e. The normalized spacial score (nSPS) is 24.5. The van der Waals surface area contributed by atoms with Crippen molar-refractivity contribution >= 4 is 52.0 Å². The van der Waals surface area contributed by atoms with Crippen molar-refractivity contribution in [2.24, 2.45) is 0 Å². The van der Waals surface area contributed by atoms with E-state index in [9.17, 15) is 9.59 Å². The van der Waals surface area contributed by atoms with Crippen LogP contribution in [0.1, 0.15) is 0 Å². The highest BCUT2D eigenvalue weighted by molar-refractivity contribution is 9.56. The van der Waals surface area contributed by atoms with Gasteiger partial charge in [-0.05, 0) is 36.2 Å². The Bertz CT molecular complexity index is 347. The van der Waals surface area contributed by atoms with E-state index in [2.05, 4.69) is 30.7 Å². The SMILES string of the molecule is O=C(O)C1=C[SH](Br)C(Br)=C1C(=O)O. The van der Waals surface area contributed by atoms with E-state index in [-0.39, 0.29) is 11.1 Å². The first-order valence-electron chi connectivity index (χ1n) is 2.98. The van der Waals surface area contributed by atoms with Crippen LogP contribution in [0.25, 0.3) is 0 Å². The molecule has 7 heteroatoms. The van der Waals surface area contributed by atoms with Gasteiger partial charge < -0.3 is 10.2 Å². The van der Waals surface area contributed by atoms with Gasteiger partial charge in [0.05, 0.1) is 15.0 Å². The summed E-state index contributed by atoms with van der Waals surface area (Å²) < 4.78 is 0.396. The topological polar surface area (TPSA) is 74.6 Å². The van der Waals surface area contributed by atoms with E-state index in [1.807, 2.05) is 0 Å². The van der Waals surface area contributed by atoms with Crippen LogP contribution >= 0.6 is 40.1 Å². The molecule has 0 radical (unpaired) electrons. The molecule has 0 aliphatic carbocycles. The average molecular weight is 332 g/mol. The lowest BCUT2D eigenvalue weighted by Crippen LogP contribution is -2.09. The van der Waals surface area contributed by atoms with Crippen LogP contribution in [0, 0.1) is 0 Å². The summed E-state index contributed by atoms with van der Waals surface area (Å²) in [7, 11) is -0.985. The lowest BCUT2D eigenvalue weighted by molar-refractivity contribution is -0.136. The number of aliphatic carboxylic acids is 2. The highest BCUT2D eigenvalue weighted by Gasteiger charge is 2.30. The van der Waals surface area contributed by atoms with Crippen molar-refractivity contribution in [3.8, 4) is 0 Å². The first-order valence-corrected chi connectivity index (χ1v) is 7.21. The summed E-state index contributed by atoms with van der Waals surface area (Å²) in [5.41, 5.74) is -0.335. The molecular weight excluding hydrogens is 328 g/mol. The Morgan fingerprint density at radius 3 is 2.15 bits per heavy atom. The fraction of sp³-hybridized carbons (Fsp3) is 0. The maximum absolute atomic E-state index is 10.7. The summed E-state index contributed by atoms with van der Waals surface area (Å²) in [6, 6.07) is 0. The smallest absolute Gasteiger partial charge is 0.338 e. The first-order chi connectivity index (χ1) is 5.95. The van der Waals surface area contributed by atoms with Crippen LogP contribution in [0.5, 0.6) is 0 Å². The molecule has 72 valence electrons. The van der Waals surface area contributed by atoms with Gasteiger partial charge in [-0.3, -0.25) is 0 Å². The molecule has 0 saturated carbocycles. The summed E-state index contributed by atoms with van der Waals surface area (Å²) in [4.78, 5) is 21.3. The quantitative estimate of drug-likeness (QED) is 0.676. The van der Waals surface area contributed by atoms with Crippen molar-refractivity contribution in [3.05, 3.63) is 20.4 Å². The zero-order valence-electron chi connectivity index (χ0n) is 5.99. The third-order valence-corrected chi connectivity index (χ3v) is 7.08. The number of rotatable bonds is 2. The predicted octanol–water partition coefficient (Wildman–Crippen LogP) is 1.97. The Kier molecular flexibility index (Phi) is 3.20. The van der Waals surface area contributed by atoms with Crippen molar-refractivity contribution in [1.29, 1.82) is 0 Å². The summed E-state index contributed by atoms with van der Waals surface area (Å²) in [6.45, 7) is 0. The lowest BCUT2D eigenvalue weighted by Gasteiger charge is -2.01. The van der Waals surface area contributed by atoms with Gasteiger partial charge in [-0.25, -0.2) is 9.59 Å². The number of carboxylic acid groups (broad SMARTS) is 2. The van der Waals surface area contributed by atoms with Crippen molar-refractivity contribution in [2.75, 3.05) is 0 Å². The molecule has 4 nitrogen and oxygen atoms in total. The largest absolute Gasteiger partial charge is 0.478 e. The molecule has 0 amide bonds. The molecule has 0 bridgehead atoms. The molecule has 0 aromatic rings. The van der Waals surface area contributed by atoms with Crippen LogP contribution in [-0.4, -0.2) is 22.2 Å². The van der Waals surface area contributed by atoms with Crippen LogP contribution in [0.3, 0.4) is 0 Å². The molecule has 0 fully saturated rings. The minimum Gasteiger partial charge on any atom is -0.478 e. The summed E-state index contributed by atoms with van der Waals surface area (Å²) >= 11 is 6.22. The minimum absolute atomic E-state index is 0.164. The number of thiol groups is 1. The maximum atomic E-state index is 10.7. The molecule has 0 aromatic carbocycles. The van der Waals surface area contributed by atoms with Crippen LogP contribution in [0.4, 0.5) is 0 Å². The minimum atomic E-state index is -1.23. The predicted molar refractivity (Wildman–Crippen MR) is 57.2 cm³/mol. The van der Waals surface area contributed by atoms with Gasteiger partial charge in [0.2, 0.25) is 0 Å². The average Bonchev–Trinajstić information content (AvgIpc) is 2.28. The number of hydrogen-bond donors (Lipinski definition) is 3. The van der Waals surface area contributed by atoms with E-state index in [1.165, 1.54) is 5.41 Å². The van der Waals surface area contributed by atoms with Gasteiger partial charge in [0.1, 0.15) is 0 Å². The Hall–Kier alpha value is -0.270. The molecule has 0 spiro atoms. The molecule has 1 aliphatic heterocycles. The fourth-order valence-corrected chi connectivity index (χ4v) is 3.66. The molecule has 0 aromatic heterocycles. The zero-order valence-corrected chi connectivity index (χ0v) is 10.1. The number of carboxylic acids is 2. The molecule has 1 rings (SSSR count). The van der Waals surface area contributed by atoms with Gasteiger partial charge in [0.25, 0.3) is 0 Å². The van der Waals surface area contributed by atoms with E-state index < -0.39 is 21.3 Å². The van der Waals surface area contributed by atoms with Gasteiger partial charge in [0, 0.05) is 0 Å². The number of halogens is 2. The van der Waals surface area contributed by atoms with Crippen molar-refractivity contribution < 1.29 is 19.8 Å². The Morgan fingerprint density at radius 2 is 1.85 bits per heavy atom. The monoisotopic (exact) mass is 330 g/mol. The van der Waals surface area contributed by atoms with E-state index in [4.69, 9.17) is 10.2 Å². The van der Waals surface area contributed by atoms with Gasteiger partial charge in [-0.15, -0.1) is 9.33 Å². The van der Waals surface area contributed by atoms with Gasteiger partial charge in [0.15, 0.2) is 0 Å². The van der Waals surface area contributed by atoms with Crippen LogP contribution in [0.15, 0.2) is 20.4 Å². The fourth-order valence-electron chi connectivity index (χ4n) is 0.818. The van der Waals surface area contributed by atoms with Crippen molar-refractivity contribution in [3.63, 3.8) is 0 Å². The molecule has 1 unspecified atom stereocenters. The third kappa shape index (κ3) is 1.97. The van der Waals surface area contributed by atoms with Crippen molar-refractivity contribution in [2.45, 2.75) is 0 Å². The van der Waals surface area contributed by atoms with E-state index >= 15 is 0 Å². The molecule has 2 N–H and O–H groups in total. The van der Waals surface area contributed by atoms with E-state index in [0.29, 0.717) is 3.81 Å².